The van der Waals surface area contributed by atoms with Crippen molar-refractivity contribution in [2.75, 3.05) is 0 Å². The lowest BCUT2D eigenvalue weighted by atomic mass is 9.48. The van der Waals surface area contributed by atoms with Crippen LogP contribution >= 0.6 is 0 Å². The summed E-state index contributed by atoms with van der Waals surface area (Å²) in [7, 11) is 0. The average molecular weight is 329 g/mol. The molecule has 0 aromatic carbocycles. The van der Waals surface area contributed by atoms with Crippen LogP contribution in [0.25, 0.3) is 0 Å². The molecule has 4 rings (SSSR count). The maximum atomic E-state index is 10.1. The third-order valence-corrected chi connectivity index (χ3v) is 8.27. The van der Waals surface area contributed by atoms with E-state index >= 15 is 0 Å². The number of nitrogens with zero attached hydrogens (tertiary/aromatic N) is 1. The highest BCUT2D eigenvalue weighted by atomic mass is 16.4. The van der Waals surface area contributed by atoms with Crippen molar-refractivity contribution in [3.8, 4) is 0 Å². The van der Waals surface area contributed by atoms with Gasteiger partial charge < -0.3 is 10.3 Å². The fraction of sp³-hybridized carbons (Fsp3) is 0.762. The molecule has 3 fully saturated rings. The van der Waals surface area contributed by atoms with Gasteiger partial charge in [0.2, 0.25) is 0 Å². The van der Waals surface area contributed by atoms with Crippen LogP contribution in [0, 0.1) is 28.6 Å². The van der Waals surface area contributed by atoms with Crippen LogP contribution in [0.15, 0.2) is 28.5 Å². The van der Waals surface area contributed by atoms with Crippen LogP contribution in [-0.2, 0) is 0 Å². The van der Waals surface area contributed by atoms with Crippen molar-refractivity contribution >= 4 is 6.21 Å². The van der Waals surface area contributed by atoms with E-state index in [1.165, 1.54) is 31.3 Å². The van der Waals surface area contributed by atoms with Crippen LogP contribution in [0.3, 0.4) is 0 Å². The molecule has 6 atom stereocenters. The van der Waals surface area contributed by atoms with Crippen LogP contribution in [-0.4, -0.2) is 22.6 Å². The molecule has 0 radical (unpaired) electrons. The van der Waals surface area contributed by atoms with Crippen LogP contribution in [0.2, 0.25) is 0 Å². The van der Waals surface area contributed by atoms with Gasteiger partial charge in [-0.25, -0.2) is 0 Å². The quantitative estimate of drug-likeness (QED) is 0.317. The summed E-state index contributed by atoms with van der Waals surface area (Å²) in [5.74, 6) is 2.33. The lowest BCUT2D eigenvalue weighted by Crippen LogP contribution is -2.49. The number of oxime groups is 1. The smallest absolute Gasteiger partial charge is 0.0661 e. The Balaban J connectivity index is 1.65. The topological polar surface area (TPSA) is 52.8 Å². The molecular formula is C21H31NO2. The third kappa shape index (κ3) is 2.23. The lowest BCUT2D eigenvalue weighted by Gasteiger charge is -2.57. The molecule has 24 heavy (non-hydrogen) atoms. The number of allylic oxidation sites excluding steroid dienone is 3. The number of hydrogen-bond donors (Lipinski definition) is 2. The van der Waals surface area contributed by atoms with Gasteiger partial charge in [0.25, 0.3) is 0 Å². The van der Waals surface area contributed by atoms with E-state index in [4.69, 9.17) is 5.21 Å². The van der Waals surface area contributed by atoms with Crippen LogP contribution in [0.4, 0.5) is 0 Å². The van der Waals surface area contributed by atoms with Crippen molar-refractivity contribution in [1.82, 2.24) is 0 Å². The highest BCUT2D eigenvalue weighted by molar-refractivity contribution is 5.72. The van der Waals surface area contributed by atoms with Gasteiger partial charge in [0.1, 0.15) is 0 Å². The molecule has 0 unspecified atom stereocenters. The van der Waals surface area contributed by atoms with Crippen LogP contribution < -0.4 is 0 Å². The normalized spacial score (nSPS) is 49.6. The van der Waals surface area contributed by atoms with Gasteiger partial charge in [-0.15, -0.1) is 0 Å². The molecule has 132 valence electrons. The summed E-state index contributed by atoms with van der Waals surface area (Å²) >= 11 is 0. The van der Waals surface area contributed by atoms with Gasteiger partial charge in [-0.2, -0.15) is 0 Å². The molecule has 0 aliphatic heterocycles. The van der Waals surface area contributed by atoms with Crippen molar-refractivity contribution in [2.45, 2.75) is 71.3 Å². The molecular weight excluding hydrogens is 298 g/mol. The highest BCUT2D eigenvalue weighted by Gasteiger charge is 2.56. The van der Waals surface area contributed by atoms with Gasteiger partial charge >= 0.3 is 0 Å². The first-order chi connectivity index (χ1) is 11.5. The Kier molecular flexibility index (Phi) is 3.91. The second-order valence-electron chi connectivity index (χ2n) is 9.11. The second kappa shape index (κ2) is 5.72. The third-order valence-electron chi connectivity index (χ3n) is 8.27. The van der Waals surface area contributed by atoms with Crippen molar-refractivity contribution in [3.63, 3.8) is 0 Å². The predicted molar refractivity (Wildman–Crippen MR) is 96.1 cm³/mol. The Morgan fingerprint density at radius 3 is 2.67 bits per heavy atom. The second-order valence-corrected chi connectivity index (χ2v) is 9.11. The fourth-order valence-corrected chi connectivity index (χ4v) is 6.89. The van der Waals surface area contributed by atoms with E-state index in [1.54, 1.807) is 11.8 Å². The minimum Gasteiger partial charge on any atom is -0.411 e. The summed E-state index contributed by atoms with van der Waals surface area (Å²) in [6.07, 6.45) is 15.2. The van der Waals surface area contributed by atoms with E-state index in [-0.39, 0.29) is 11.5 Å². The van der Waals surface area contributed by atoms with Crippen molar-refractivity contribution in [3.05, 3.63) is 23.3 Å². The Morgan fingerprint density at radius 2 is 1.88 bits per heavy atom. The molecule has 0 saturated heterocycles. The first kappa shape index (κ1) is 16.4. The maximum absolute atomic E-state index is 10.1. The van der Waals surface area contributed by atoms with E-state index in [9.17, 15) is 5.11 Å². The molecule has 2 N–H and O–H groups in total. The zero-order chi connectivity index (χ0) is 16.9. The molecule has 4 aliphatic carbocycles. The minimum absolute atomic E-state index is 0.117. The van der Waals surface area contributed by atoms with Crippen molar-refractivity contribution < 1.29 is 10.3 Å². The van der Waals surface area contributed by atoms with E-state index in [0.29, 0.717) is 5.41 Å². The fourth-order valence-electron chi connectivity index (χ4n) is 6.89. The summed E-state index contributed by atoms with van der Waals surface area (Å²) in [6.45, 7) is 4.93. The molecule has 3 heteroatoms. The van der Waals surface area contributed by atoms with E-state index in [1.807, 2.05) is 0 Å². The van der Waals surface area contributed by atoms with Gasteiger partial charge in [-0.3, -0.25) is 0 Å². The van der Waals surface area contributed by atoms with Gasteiger partial charge in [-0.05, 0) is 86.0 Å². The maximum Gasteiger partial charge on any atom is 0.0661 e. The van der Waals surface area contributed by atoms with E-state index in [0.717, 1.165) is 43.4 Å². The standard InChI is InChI=1S/C21H31NO2/c1-20-11-8-19-17(18(20)6-4-14(20)9-12-22-24)5-3-15-13-16(23)7-10-21(15,19)2/h3,9,12,16-19,23-24H,4-8,10-11,13H2,1-2H3/b14-9-,22-12+/t16-,17+,18+,19+,20-,21+/m1/s1. The summed E-state index contributed by atoms with van der Waals surface area (Å²) in [5.41, 5.74) is 3.65. The van der Waals surface area contributed by atoms with Gasteiger partial charge in [0.05, 0.1) is 12.3 Å². The van der Waals surface area contributed by atoms with Crippen molar-refractivity contribution in [2.24, 2.45) is 33.7 Å². The average Bonchev–Trinajstić information content (AvgIpc) is 2.90. The SMILES string of the molecule is C[C@]12CC[C@@H](O)CC1=CC[C@@H]1[C@@H]2CC[C@]2(C)/C(=C\C=N\O)CC[C@@H]12. The number of rotatable bonds is 1. The lowest BCUT2D eigenvalue weighted by molar-refractivity contribution is -0.0267. The molecule has 0 aromatic heterocycles. The Morgan fingerprint density at radius 1 is 1.12 bits per heavy atom. The predicted octanol–water partition coefficient (Wildman–Crippen LogP) is 4.70. The van der Waals surface area contributed by atoms with Crippen LogP contribution in [0.1, 0.15) is 65.2 Å². The van der Waals surface area contributed by atoms with Crippen LogP contribution in [0.5, 0.6) is 0 Å². The molecule has 4 aliphatic rings. The minimum atomic E-state index is -0.117. The molecule has 0 amide bonds. The molecule has 0 heterocycles. The molecule has 3 nitrogen and oxygen atoms in total. The Labute approximate surface area is 145 Å². The summed E-state index contributed by atoms with van der Waals surface area (Å²) in [6, 6.07) is 0. The molecule has 0 bridgehead atoms. The highest BCUT2D eigenvalue weighted by Crippen LogP contribution is 2.66. The first-order valence-corrected chi connectivity index (χ1v) is 9.73. The van der Waals surface area contributed by atoms with Crippen molar-refractivity contribution in [1.29, 1.82) is 0 Å². The summed E-state index contributed by atoms with van der Waals surface area (Å²) < 4.78 is 0. The Hall–Kier alpha value is -1.09. The Bertz CT molecular complexity index is 607. The number of aliphatic hydroxyl groups excluding tert-OH is 1. The number of aliphatic hydroxyl groups is 1. The zero-order valence-corrected chi connectivity index (χ0v) is 15.0. The number of hydrogen-bond acceptors (Lipinski definition) is 3. The first-order valence-electron chi connectivity index (χ1n) is 9.73. The van der Waals surface area contributed by atoms with Gasteiger partial charge in [0.15, 0.2) is 0 Å². The molecule has 3 saturated carbocycles. The van der Waals surface area contributed by atoms with Gasteiger partial charge in [-0.1, -0.05) is 36.2 Å². The zero-order valence-electron chi connectivity index (χ0n) is 15.0. The largest absolute Gasteiger partial charge is 0.411 e. The van der Waals surface area contributed by atoms with E-state index in [2.05, 4.69) is 31.2 Å². The number of fused-ring (bicyclic) bond motifs is 5. The summed E-state index contributed by atoms with van der Waals surface area (Å²) in [4.78, 5) is 0. The molecule has 0 aromatic rings. The monoisotopic (exact) mass is 329 g/mol. The van der Waals surface area contributed by atoms with E-state index < -0.39 is 0 Å². The molecule has 0 spiro atoms. The summed E-state index contributed by atoms with van der Waals surface area (Å²) in [5, 5.41) is 22.0. The van der Waals surface area contributed by atoms with Gasteiger partial charge in [0, 0.05) is 0 Å².